The lowest BCUT2D eigenvalue weighted by molar-refractivity contribution is 0.628. The molecule has 1 saturated heterocycles. The molecule has 0 nitrogen and oxygen atoms in total. The van der Waals surface area contributed by atoms with Crippen LogP contribution < -0.4 is 42.4 Å². The Balaban J connectivity index is 1.41. The van der Waals surface area contributed by atoms with Gasteiger partial charge in [0, 0.05) is 0 Å². The first-order valence-electron chi connectivity index (χ1n) is 22.6. The molecule has 0 aliphatic carbocycles. The summed E-state index contributed by atoms with van der Waals surface area (Å²) in [4.78, 5) is 0. The van der Waals surface area contributed by atoms with Crippen LogP contribution in [0.2, 0.25) is 0 Å². The van der Waals surface area contributed by atoms with Gasteiger partial charge in [-0.05, 0) is 127 Å². The molecule has 0 saturated carbocycles. The van der Waals surface area contributed by atoms with Gasteiger partial charge in [0.1, 0.15) is 0 Å². The Morgan fingerprint density at radius 1 is 0.172 bits per heavy atom. The first-order valence-corrected chi connectivity index (χ1v) is 38.6. The van der Waals surface area contributed by atoms with Crippen LogP contribution >= 0.6 is 59.0 Å². The molecule has 1 heterocycles. The predicted molar refractivity (Wildman–Crippen MR) is 301 cm³/mol. The predicted octanol–water partition coefficient (Wildman–Crippen LogP) is 16.2. The van der Waals surface area contributed by atoms with Crippen molar-refractivity contribution in [3.05, 3.63) is 243 Å². The fourth-order valence-electron chi connectivity index (χ4n) is 8.36. The lowest BCUT2D eigenvalue weighted by Gasteiger charge is -2.48. The minimum Gasteiger partial charge on any atom is -0.0622 e. The van der Waals surface area contributed by atoms with E-state index in [9.17, 15) is 0 Å². The Kier molecular flexibility index (Phi) is 17.6. The van der Waals surface area contributed by atoms with Crippen molar-refractivity contribution in [1.82, 2.24) is 0 Å². The second-order valence-corrected chi connectivity index (χ2v) is 48.9. The van der Waals surface area contributed by atoms with Crippen molar-refractivity contribution in [2.24, 2.45) is 0 Å². The average Bonchev–Trinajstić information content (AvgIpc) is 3.38. The third-order valence-electron chi connectivity index (χ3n) is 11.4. The number of hydrogen-bond acceptors (Lipinski definition) is 0. The summed E-state index contributed by atoms with van der Waals surface area (Å²) >= 11 is 0. The highest BCUT2D eigenvalue weighted by Crippen LogP contribution is 3.10. The van der Waals surface area contributed by atoms with E-state index in [0.29, 0.717) is 0 Å². The third-order valence-corrected chi connectivity index (χ3v) is 67.3. The zero-order valence-electron chi connectivity index (χ0n) is 36.3. The van der Waals surface area contributed by atoms with Crippen molar-refractivity contribution in [2.45, 2.75) is 38.5 Å². The SMILES string of the molecule is c1ccc(P2CCCCCCCCP(c3ccccc3)P(c3ccccc3)P(c3ccccc3)P(c3ccccc3)P(c3ccccc3)P(c3ccccc3)P2c2ccccc2)cc1. The van der Waals surface area contributed by atoms with Crippen molar-refractivity contribution in [3.8, 4) is 0 Å². The van der Waals surface area contributed by atoms with Gasteiger partial charge in [0.2, 0.25) is 0 Å². The van der Waals surface area contributed by atoms with E-state index in [1.54, 1.807) is 42.4 Å². The highest BCUT2D eigenvalue weighted by molar-refractivity contribution is 9.03. The molecular weight excluding hydrogens is 920 g/mol. The van der Waals surface area contributed by atoms with Crippen LogP contribution in [0, 0.1) is 0 Å². The van der Waals surface area contributed by atoms with E-state index in [4.69, 9.17) is 0 Å². The summed E-state index contributed by atoms with van der Waals surface area (Å²) in [6, 6.07) is 96.2. The first kappa shape index (κ1) is 46.3. The largest absolute Gasteiger partial charge is 0.0622 e. The van der Waals surface area contributed by atoms with E-state index in [0.717, 1.165) is 0 Å². The molecule has 0 bridgehead atoms. The summed E-state index contributed by atoms with van der Waals surface area (Å²) in [7, 11) is -5.43. The molecule has 8 heteroatoms. The summed E-state index contributed by atoms with van der Waals surface area (Å²) in [6.07, 6.45) is 10.5. The van der Waals surface area contributed by atoms with Gasteiger partial charge < -0.3 is 0 Å². The quantitative estimate of drug-likeness (QED) is 0.133. The molecule has 0 amide bonds. The Bertz CT molecular complexity index is 2360. The van der Waals surface area contributed by atoms with Gasteiger partial charge in [0.25, 0.3) is 0 Å². The topological polar surface area (TPSA) is 0 Å². The Morgan fingerprint density at radius 3 is 0.578 bits per heavy atom. The number of rotatable bonds is 8. The molecule has 1 aliphatic rings. The maximum atomic E-state index is 2.56. The lowest BCUT2D eigenvalue weighted by Crippen LogP contribution is -2.16. The average molecular weight is 977 g/mol. The van der Waals surface area contributed by atoms with E-state index in [1.807, 2.05) is 0 Å². The lowest BCUT2D eigenvalue weighted by atomic mass is 10.1. The van der Waals surface area contributed by atoms with Crippen molar-refractivity contribution in [2.75, 3.05) is 12.3 Å². The Morgan fingerprint density at radius 2 is 0.344 bits per heavy atom. The molecule has 8 aromatic rings. The smallest absolute Gasteiger partial charge is 0.00564 e. The van der Waals surface area contributed by atoms with Crippen LogP contribution in [0.15, 0.2) is 243 Å². The van der Waals surface area contributed by atoms with Crippen LogP contribution in [0.25, 0.3) is 0 Å². The standard InChI is InChI=1S/C56H56P8/c1-2-4-30-48-58(50-33-15-6-16-34-50)60(52-37-19-8-20-38-52)62(54-41-23-10-24-42-54)64(56-45-27-12-28-46-56)63(55-43-25-11-26-44-55)61(53-39-21-9-22-40-53)59(51-35-17-7-18-36-51)57(47-29-3-1)49-31-13-5-14-32-49/h5-28,31-46H,1-4,29-30,47-48H2. The molecule has 8 aromatic carbocycles. The van der Waals surface area contributed by atoms with Crippen LogP contribution in [0.4, 0.5) is 0 Å². The summed E-state index contributed by atoms with van der Waals surface area (Å²) in [5.41, 5.74) is 0. The van der Waals surface area contributed by atoms with Gasteiger partial charge in [-0.25, -0.2) is 0 Å². The van der Waals surface area contributed by atoms with E-state index in [2.05, 4.69) is 243 Å². The molecule has 64 heavy (non-hydrogen) atoms. The van der Waals surface area contributed by atoms with Crippen LogP contribution in [0.1, 0.15) is 38.5 Å². The molecule has 8 atom stereocenters. The van der Waals surface area contributed by atoms with Gasteiger partial charge >= 0.3 is 0 Å². The summed E-state index contributed by atoms with van der Waals surface area (Å²) in [6.45, 7) is 0. The molecule has 320 valence electrons. The van der Waals surface area contributed by atoms with Crippen LogP contribution in [-0.2, 0) is 0 Å². The van der Waals surface area contributed by atoms with Crippen molar-refractivity contribution in [3.63, 3.8) is 0 Å². The number of hydrogen-bond donors (Lipinski definition) is 0. The van der Waals surface area contributed by atoms with E-state index >= 15 is 0 Å². The van der Waals surface area contributed by atoms with E-state index in [1.165, 1.54) is 50.8 Å². The Labute approximate surface area is 392 Å². The first-order chi connectivity index (χ1) is 31.8. The van der Waals surface area contributed by atoms with Crippen LogP contribution in [0.5, 0.6) is 0 Å². The van der Waals surface area contributed by atoms with Gasteiger partial charge in [-0.2, -0.15) is 0 Å². The molecule has 0 spiro atoms. The minimum absolute atomic E-state index is 0.526. The van der Waals surface area contributed by atoms with Crippen LogP contribution in [-0.4, -0.2) is 12.3 Å². The summed E-state index contributed by atoms with van der Waals surface area (Å²) < 4.78 is 0. The molecule has 8 unspecified atom stereocenters. The molecular formula is C56H56P8. The van der Waals surface area contributed by atoms with Crippen LogP contribution in [0.3, 0.4) is 0 Å². The molecule has 0 N–H and O–H groups in total. The summed E-state index contributed by atoms with van der Waals surface area (Å²) in [5.74, 6) is 0. The fourth-order valence-corrected chi connectivity index (χ4v) is 90.0. The van der Waals surface area contributed by atoms with E-state index < -0.39 is 59.0 Å². The Hall–Kier alpha value is -2.80. The zero-order chi connectivity index (χ0) is 43.2. The summed E-state index contributed by atoms with van der Waals surface area (Å²) in [5, 5.41) is 12.7. The second kappa shape index (κ2) is 24.3. The highest BCUT2D eigenvalue weighted by atomic mass is 32.9. The highest BCUT2D eigenvalue weighted by Gasteiger charge is 2.48. The van der Waals surface area contributed by atoms with Crippen molar-refractivity contribution < 1.29 is 0 Å². The maximum absolute atomic E-state index is 2.56. The van der Waals surface area contributed by atoms with Gasteiger partial charge in [0.05, 0.1) is 0 Å². The van der Waals surface area contributed by atoms with Crippen molar-refractivity contribution >= 4 is 101 Å². The minimum atomic E-state index is -0.784. The van der Waals surface area contributed by atoms with Gasteiger partial charge in [-0.15, -0.1) is 0 Å². The fraction of sp³-hybridized carbons (Fsp3) is 0.143. The normalized spacial score (nSPS) is 23.8. The van der Waals surface area contributed by atoms with Gasteiger partial charge in [0.15, 0.2) is 0 Å². The maximum Gasteiger partial charge on any atom is -0.00564 e. The van der Waals surface area contributed by atoms with Gasteiger partial charge in [-0.3, -0.25) is 0 Å². The monoisotopic (exact) mass is 976 g/mol. The van der Waals surface area contributed by atoms with E-state index in [-0.39, 0.29) is 0 Å². The second-order valence-electron chi connectivity index (χ2n) is 15.8. The molecule has 1 aliphatic heterocycles. The van der Waals surface area contributed by atoms with Crippen molar-refractivity contribution in [1.29, 1.82) is 0 Å². The molecule has 0 radical (unpaired) electrons. The van der Waals surface area contributed by atoms with Gasteiger partial charge in [-0.1, -0.05) is 268 Å². The molecule has 0 aromatic heterocycles. The number of benzene rings is 8. The molecule has 1 fully saturated rings. The third kappa shape index (κ3) is 11.5. The molecule has 9 rings (SSSR count). The zero-order valence-corrected chi connectivity index (χ0v) is 43.5.